The van der Waals surface area contributed by atoms with E-state index in [4.69, 9.17) is 9.47 Å². The normalized spacial score (nSPS) is 21.8. The molecule has 174 valence electrons. The first-order chi connectivity index (χ1) is 15.3. The van der Waals surface area contributed by atoms with Gasteiger partial charge in [0.05, 0.1) is 6.10 Å². The molecule has 0 spiro atoms. The molecular weight excluding hydrogens is 388 g/mol. The van der Waals surface area contributed by atoms with E-state index in [9.17, 15) is 4.79 Å². The van der Waals surface area contributed by atoms with Crippen LogP contribution in [0.1, 0.15) is 76.7 Å². The monoisotopic (exact) mass is 430 g/mol. The van der Waals surface area contributed by atoms with Crippen LogP contribution in [0.5, 0.6) is 0 Å². The molecule has 5 heteroatoms. The topological polar surface area (TPSA) is 42.0 Å². The number of amides is 1. The summed E-state index contributed by atoms with van der Waals surface area (Å²) in [5.74, 6) is 0. The van der Waals surface area contributed by atoms with Crippen molar-refractivity contribution >= 4 is 6.09 Å². The van der Waals surface area contributed by atoms with E-state index >= 15 is 0 Å². The highest BCUT2D eigenvalue weighted by atomic mass is 16.6. The van der Waals surface area contributed by atoms with E-state index in [0.717, 1.165) is 37.9 Å². The second-order valence-electron chi connectivity index (χ2n) is 9.09. The van der Waals surface area contributed by atoms with Crippen LogP contribution in [0.25, 0.3) is 0 Å². The summed E-state index contributed by atoms with van der Waals surface area (Å²) in [5, 5.41) is 0. The van der Waals surface area contributed by atoms with E-state index < -0.39 is 0 Å². The first-order valence-electron chi connectivity index (χ1n) is 12.6. The quantitative estimate of drug-likeness (QED) is 0.403. The minimum Gasteiger partial charge on any atom is -0.445 e. The molecule has 1 aliphatic carbocycles. The molecule has 0 unspecified atom stereocenters. The van der Waals surface area contributed by atoms with Gasteiger partial charge in [0.15, 0.2) is 0 Å². The summed E-state index contributed by atoms with van der Waals surface area (Å²) in [6.07, 6.45) is 12.2. The van der Waals surface area contributed by atoms with Crippen LogP contribution in [0.3, 0.4) is 0 Å². The molecule has 0 N–H and O–H groups in total. The van der Waals surface area contributed by atoms with E-state index in [0.29, 0.717) is 19.3 Å². The maximum atomic E-state index is 12.6. The zero-order valence-corrected chi connectivity index (χ0v) is 19.5. The Bertz CT molecular complexity index is 610. The Labute approximate surface area is 189 Å². The standard InChI is InChI=1S/C26H42N2O3/c1-2-28(26(29)31-22-23-12-6-5-7-13-23)24-14-16-25(17-15-24)30-21-11-4-3-8-18-27-19-9-10-20-27/h5-7,12-13,24-25H,2-4,8-11,14-22H2,1H3/t24-,25-. The largest absolute Gasteiger partial charge is 0.445 e. The predicted octanol–water partition coefficient (Wildman–Crippen LogP) is 5.63. The van der Waals surface area contributed by atoms with Crippen molar-refractivity contribution in [1.82, 2.24) is 9.80 Å². The average molecular weight is 431 g/mol. The fraction of sp³-hybridized carbons (Fsp3) is 0.731. The molecule has 1 aliphatic heterocycles. The number of carbonyl (C=O) groups is 1. The number of benzene rings is 1. The molecule has 1 saturated carbocycles. The maximum Gasteiger partial charge on any atom is 0.410 e. The number of nitrogens with zero attached hydrogens (tertiary/aromatic N) is 2. The molecule has 0 aromatic heterocycles. The summed E-state index contributed by atoms with van der Waals surface area (Å²) in [4.78, 5) is 17.1. The molecule has 0 radical (unpaired) electrons. The van der Waals surface area contributed by atoms with Gasteiger partial charge in [-0.3, -0.25) is 0 Å². The van der Waals surface area contributed by atoms with Crippen molar-refractivity contribution in [2.75, 3.05) is 32.8 Å². The third-order valence-corrected chi connectivity index (χ3v) is 6.79. The van der Waals surface area contributed by atoms with Crippen LogP contribution in [0.4, 0.5) is 4.79 Å². The SMILES string of the molecule is CCN(C(=O)OCc1ccccc1)[C@H]1CC[C@H](OCCCCCCN2CCCC2)CC1. The second kappa shape index (κ2) is 13.7. The van der Waals surface area contributed by atoms with Crippen molar-refractivity contribution < 1.29 is 14.3 Å². The van der Waals surface area contributed by atoms with Crippen LogP contribution in [0, 0.1) is 0 Å². The number of hydrogen-bond acceptors (Lipinski definition) is 4. The van der Waals surface area contributed by atoms with Crippen molar-refractivity contribution in [3.63, 3.8) is 0 Å². The third-order valence-electron chi connectivity index (χ3n) is 6.79. The Morgan fingerprint density at radius 2 is 1.71 bits per heavy atom. The van der Waals surface area contributed by atoms with Crippen molar-refractivity contribution in [1.29, 1.82) is 0 Å². The Morgan fingerprint density at radius 1 is 1.00 bits per heavy atom. The molecule has 0 bridgehead atoms. The smallest absolute Gasteiger partial charge is 0.410 e. The minimum absolute atomic E-state index is 0.190. The van der Waals surface area contributed by atoms with Gasteiger partial charge >= 0.3 is 6.09 Å². The fourth-order valence-electron chi connectivity index (χ4n) is 4.91. The van der Waals surface area contributed by atoms with Gasteiger partial charge in [0.2, 0.25) is 0 Å². The Balaban J connectivity index is 1.24. The number of unbranched alkanes of at least 4 members (excludes halogenated alkanes) is 3. The lowest BCUT2D eigenvalue weighted by atomic mass is 9.92. The van der Waals surface area contributed by atoms with E-state index in [-0.39, 0.29) is 12.1 Å². The van der Waals surface area contributed by atoms with Crippen molar-refractivity contribution in [3.8, 4) is 0 Å². The van der Waals surface area contributed by atoms with Crippen LogP contribution in [-0.4, -0.2) is 60.8 Å². The molecule has 5 nitrogen and oxygen atoms in total. The lowest BCUT2D eigenvalue weighted by Gasteiger charge is -2.35. The Kier molecular flexibility index (Phi) is 10.7. The van der Waals surface area contributed by atoms with Crippen LogP contribution < -0.4 is 0 Å². The molecule has 3 rings (SSSR count). The second-order valence-corrected chi connectivity index (χ2v) is 9.09. The number of rotatable bonds is 12. The minimum atomic E-state index is -0.190. The summed E-state index contributed by atoms with van der Waals surface area (Å²) in [6.45, 7) is 7.87. The summed E-state index contributed by atoms with van der Waals surface area (Å²) < 4.78 is 11.7. The first-order valence-corrected chi connectivity index (χ1v) is 12.6. The van der Waals surface area contributed by atoms with Gasteiger partial charge in [-0.2, -0.15) is 0 Å². The highest BCUT2D eigenvalue weighted by Crippen LogP contribution is 2.26. The van der Waals surface area contributed by atoms with E-state index in [1.807, 2.05) is 42.2 Å². The van der Waals surface area contributed by atoms with Gasteiger partial charge in [0, 0.05) is 19.2 Å². The summed E-state index contributed by atoms with van der Waals surface area (Å²) in [5.41, 5.74) is 1.03. The van der Waals surface area contributed by atoms with Crippen LogP contribution in [0.2, 0.25) is 0 Å². The van der Waals surface area contributed by atoms with E-state index in [1.54, 1.807) is 0 Å². The predicted molar refractivity (Wildman–Crippen MR) is 125 cm³/mol. The van der Waals surface area contributed by atoms with Crippen molar-refractivity contribution in [3.05, 3.63) is 35.9 Å². The van der Waals surface area contributed by atoms with Gasteiger partial charge in [0.1, 0.15) is 6.61 Å². The molecule has 1 heterocycles. The molecular formula is C26H42N2O3. The molecule has 1 amide bonds. The lowest BCUT2D eigenvalue weighted by molar-refractivity contribution is 0.00402. The van der Waals surface area contributed by atoms with Crippen LogP contribution >= 0.6 is 0 Å². The van der Waals surface area contributed by atoms with Gasteiger partial charge in [-0.1, -0.05) is 43.2 Å². The fourth-order valence-corrected chi connectivity index (χ4v) is 4.91. The molecule has 2 aliphatic rings. The van der Waals surface area contributed by atoms with Crippen molar-refractivity contribution in [2.24, 2.45) is 0 Å². The first kappa shape index (κ1) is 24.1. The molecule has 2 fully saturated rings. The van der Waals surface area contributed by atoms with E-state index in [2.05, 4.69) is 4.90 Å². The van der Waals surface area contributed by atoms with E-state index in [1.165, 1.54) is 58.2 Å². The molecule has 0 atom stereocenters. The highest BCUT2D eigenvalue weighted by molar-refractivity contribution is 5.68. The molecule has 31 heavy (non-hydrogen) atoms. The summed E-state index contributed by atoms with van der Waals surface area (Å²) in [7, 11) is 0. The van der Waals surface area contributed by atoms with Gasteiger partial charge in [0.25, 0.3) is 0 Å². The zero-order chi connectivity index (χ0) is 21.7. The number of ether oxygens (including phenoxy) is 2. The van der Waals surface area contributed by atoms with Gasteiger partial charge in [-0.15, -0.1) is 0 Å². The third kappa shape index (κ3) is 8.46. The molecule has 1 aromatic rings. The number of likely N-dealkylation sites (tertiary alicyclic amines) is 1. The van der Waals surface area contributed by atoms with Crippen LogP contribution in [0.15, 0.2) is 30.3 Å². The molecule has 1 aromatic carbocycles. The summed E-state index contributed by atoms with van der Waals surface area (Å²) >= 11 is 0. The highest BCUT2D eigenvalue weighted by Gasteiger charge is 2.29. The molecule has 1 saturated heterocycles. The summed E-state index contributed by atoms with van der Waals surface area (Å²) in [6, 6.07) is 10.2. The van der Waals surface area contributed by atoms with Gasteiger partial charge in [-0.25, -0.2) is 4.79 Å². The Hall–Kier alpha value is -1.59. The number of carbonyl (C=O) groups excluding carboxylic acids is 1. The van der Waals surface area contributed by atoms with Gasteiger partial charge in [-0.05, 0) is 83.5 Å². The Morgan fingerprint density at radius 3 is 2.42 bits per heavy atom. The van der Waals surface area contributed by atoms with Crippen molar-refractivity contribution in [2.45, 2.75) is 89.9 Å². The average Bonchev–Trinajstić information content (AvgIpc) is 3.33. The maximum absolute atomic E-state index is 12.6. The number of hydrogen-bond donors (Lipinski definition) is 0. The lowest BCUT2D eigenvalue weighted by Crippen LogP contribution is -2.43. The zero-order valence-electron chi connectivity index (χ0n) is 19.5. The van der Waals surface area contributed by atoms with Gasteiger partial charge < -0.3 is 19.3 Å². The van der Waals surface area contributed by atoms with Crippen LogP contribution in [-0.2, 0) is 16.1 Å².